The van der Waals surface area contributed by atoms with E-state index < -0.39 is 0 Å². The normalized spacial score (nSPS) is 10.3. The fraction of sp³-hybridized carbons (Fsp3) is 0.143. The van der Waals surface area contributed by atoms with Gasteiger partial charge in [-0.05, 0) is 35.2 Å². The topological polar surface area (TPSA) is 0 Å². The summed E-state index contributed by atoms with van der Waals surface area (Å²) in [4.78, 5) is 0. The molecule has 0 aliphatic carbocycles. The van der Waals surface area contributed by atoms with Crippen LogP contribution >= 0.6 is 11.6 Å². The van der Waals surface area contributed by atoms with Gasteiger partial charge in [-0.3, -0.25) is 0 Å². The maximum Gasteiger partial charge on any atom is 0.0485 e. The third kappa shape index (κ3) is 2.21. The minimum absolute atomic E-state index is 0.660. The van der Waals surface area contributed by atoms with E-state index in [1.54, 1.807) is 0 Å². The molecule has 0 bridgehead atoms. The van der Waals surface area contributed by atoms with Gasteiger partial charge in [-0.1, -0.05) is 48.9 Å². The summed E-state index contributed by atoms with van der Waals surface area (Å²) in [5.74, 6) is 0. The van der Waals surface area contributed by atoms with Crippen molar-refractivity contribution in [2.24, 2.45) is 0 Å². The summed E-state index contributed by atoms with van der Waals surface area (Å²) in [5, 5.41) is 0.660. The molecule has 0 heterocycles. The molecule has 0 nitrogen and oxygen atoms in total. The number of halogens is 1. The van der Waals surface area contributed by atoms with E-state index in [2.05, 4.69) is 37.3 Å². The molecular weight excluding hydrogens is 204 g/mol. The first-order chi connectivity index (χ1) is 7.31. The highest BCUT2D eigenvalue weighted by Gasteiger charge is 2.02. The van der Waals surface area contributed by atoms with E-state index in [0.29, 0.717) is 5.02 Å². The van der Waals surface area contributed by atoms with Crippen molar-refractivity contribution >= 4 is 11.6 Å². The molecule has 0 aromatic heterocycles. The van der Waals surface area contributed by atoms with E-state index in [1.807, 2.05) is 18.2 Å². The minimum atomic E-state index is 0.660. The minimum Gasteiger partial charge on any atom is -0.0837 e. The Balaban J connectivity index is 2.49. The van der Waals surface area contributed by atoms with Crippen molar-refractivity contribution in [3.63, 3.8) is 0 Å². The fourth-order valence-electron chi connectivity index (χ4n) is 1.68. The van der Waals surface area contributed by atoms with Crippen LogP contribution in [-0.4, -0.2) is 0 Å². The van der Waals surface area contributed by atoms with Crippen molar-refractivity contribution in [2.75, 3.05) is 0 Å². The smallest absolute Gasteiger partial charge is 0.0485 e. The van der Waals surface area contributed by atoms with Crippen LogP contribution in [0.1, 0.15) is 12.5 Å². The Labute approximate surface area is 95.5 Å². The second-order valence-electron chi connectivity index (χ2n) is 3.44. The predicted molar refractivity (Wildman–Crippen MR) is 65.1 cm³/mol. The predicted octanol–water partition coefficient (Wildman–Crippen LogP) is 4.37. The molecule has 0 fully saturated rings. The Bertz CT molecular complexity index is 443. The second-order valence-corrected chi connectivity index (χ2v) is 3.84. The van der Waals surface area contributed by atoms with Crippen molar-refractivity contribution < 1.29 is 0 Å². The lowest BCUT2D eigenvalue weighted by Gasteiger charge is -2.07. The zero-order valence-corrected chi connectivity index (χ0v) is 9.38. The molecule has 2 aromatic carbocycles. The Morgan fingerprint density at radius 1 is 1.13 bits per heavy atom. The summed E-state index contributed by atoms with van der Waals surface area (Å²) in [6.45, 7) is 2.17. The largest absolute Gasteiger partial charge is 0.0837 e. The maximum absolute atomic E-state index is 5.82. The lowest BCUT2D eigenvalue weighted by molar-refractivity contribution is 1.14. The monoisotopic (exact) mass is 215 g/mol. The van der Waals surface area contributed by atoms with Gasteiger partial charge in [-0.25, -0.2) is 0 Å². The molecule has 0 N–H and O–H groups in total. The zero-order valence-electron chi connectivity index (χ0n) is 8.63. The first kappa shape index (κ1) is 10.3. The highest BCUT2D eigenvalue weighted by molar-refractivity contribution is 6.30. The molecule has 2 aromatic rings. The van der Waals surface area contributed by atoms with E-state index in [9.17, 15) is 0 Å². The average Bonchev–Trinajstić information content (AvgIpc) is 2.30. The van der Waals surface area contributed by atoms with Crippen molar-refractivity contribution in [3.05, 3.63) is 59.1 Å². The van der Waals surface area contributed by atoms with Crippen LogP contribution in [0.4, 0.5) is 0 Å². The first-order valence-electron chi connectivity index (χ1n) is 5.07. The number of hydrogen-bond donors (Lipinski definition) is 0. The third-order valence-corrected chi connectivity index (χ3v) is 2.72. The molecule has 0 unspecified atom stereocenters. The van der Waals surface area contributed by atoms with Gasteiger partial charge in [0.2, 0.25) is 0 Å². The molecule has 0 spiro atoms. The van der Waals surface area contributed by atoms with E-state index in [-0.39, 0.29) is 0 Å². The Hall–Kier alpha value is -1.27. The molecule has 75 valence electrons. The van der Waals surface area contributed by atoms with Crippen molar-refractivity contribution in [3.8, 4) is 11.1 Å². The van der Waals surface area contributed by atoms with Gasteiger partial charge in [-0.2, -0.15) is 0 Å². The molecule has 15 heavy (non-hydrogen) atoms. The van der Waals surface area contributed by atoms with Crippen molar-refractivity contribution in [1.82, 2.24) is 0 Å². The number of aryl methyl sites for hydroxylation is 1. The summed E-state index contributed by atoms with van der Waals surface area (Å²) in [6, 6.07) is 17.3. The molecule has 0 saturated heterocycles. The van der Waals surface area contributed by atoms with Gasteiger partial charge in [0.05, 0.1) is 0 Å². The Morgan fingerprint density at radius 2 is 1.93 bits per heavy atom. The summed E-state index contributed by atoms with van der Waals surface area (Å²) in [7, 11) is 0. The van der Waals surface area contributed by atoms with Crippen LogP contribution in [0.25, 0.3) is 11.1 Å². The molecule has 0 saturated carbocycles. The van der Waals surface area contributed by atoms with Crippen LogP contribution in [0, 0.1) is 6.07 Å². The van der Waals surface area contributed by atoms with Crippen LogP contribution < -0.4 is 0 Å². The van der Waals surface area contributed by atoms with Gasteiger partial charge in [0.25, 0.3) is 0 Å². The van der Waals surface area contributed by atoms with E-state index in [1.165, 1.54) is 16.7 Å². The third-order valence-electron chi connectivity index (χ3n) is 2.48. The fourth-order valence-corrected chi connectivity index (χ4v) is 1.80. The summed E-state index contributed by atoms with van der Waals surface area (Å²) in [5.41, 5.74) is 3.80. The quantitative estimate of drug-likeness (QED) is 0.698. The second kappa shape index (κ2) is 4.50. The molecule has 1 radical (unpaired) electrons. The molecule has 0 aliphatic rings. The lowest BCUT2D eigenvalue weighted by atomic mass is 9.98. The highest BCUT2D eigenvalue weighted by atomic mass is 35.5. The summed E-state index contributed by atoms with van der Waals surface area (Å²) in [6.07, 6.45) is 1.04. The lowest BCUT2D eigenvalue weighted by Crippen LogP contribution is -1.86. The molecule has 2 rings (SSSR count). The number of benzene rings is 2. The first-order valence-corrected chi connectivity index (χ1v) is 5.44. The highest BCUT2D eigenvalue weighted by Crippen LogP contribution is 2.24. The van der Waals surface area contributed by atoms with Gasteiger partial charge in [0.15, 0.2) is 0 Å². The Kier molecular flexibility index (Phi) is 3.08. The molecule has 0 aliphatic heterocycles. The van der Waals surface area contributed by atoms with Gasteiger partial charge >= 0.3 is 0 Å². The van der Waals surface area contributed by atoms with Gasteiger partial charge in [-0.15, -0.1) is 0 Å². The molecule has 0 amide bonds. The van der Waals surface area contributed by atoms with Crippen LogP contribution in [0.3, 0.4) is 0 Å². The van der Waals surface area contributed by atoms with Crippen LogP contribution in [0.15, 0.2) is 42.5 Å². The number of hydrogen-bond acceptors (Lipinski definition) is 0. The van der Waals surface area contributed by atoms with E-state index in [0.717, 1.165) is 6.42 Å². The van der Waals surface area contributed by atoms with Gasteiger partial charge in [0.1, 0.15) is 0 Å². The molecule has 1 heteroatoms. The van der Waals surface area contributed by atoms with Crippen LogP contribution in [0.5, 0.6) is 0 Å². The van der Waals surface area contributed by atoms with Crippen LogP contribution in [-0.2, 0) is 6.42 Å². The summed E-state index contributed by atoms with van der Waals surface area (Å²) < 4.78 is 0. The maximum atomic E-state index is 5.82. The standard InChI is InChI=1S/C14H12Cl/c1-2-11-5-3-4-6-14(11)12-7-9-13(15)10-8-12/h3-9H,2H2,1H3. The SMILES string of the molecule is CCc1ccccc1-c1c[c]c(Cl)cc1. The number of rotatable bonds is 2. The summed E-state index contributed by atoms with van der Waals surface area (Å²) >= 11 is 5.82. The van der Waals surface area contributed by atoms with Crippen LogP contribution in [0.2, 0.25) is 5.02 Å². The molecule has 0 atom stereocenters. The average molecular weight is 216 g/mol. The van der Waals surface area contributed by atoms with Crippen molar-refractivity contribution in [1.29, 1.82) is 0 Å². The van der Waals surface area contributed by atoms with Gasteiger partial charge < -0.3 is 0 Å². The Morgan fingerprint density at radius 3 is 2.60 bits per heavy atom. The zero-order chi connectivity index (χ0) is 10.7. The van der Waals surface area contributed by atoms with E-state index >= 15 is 0 Å². The molecular formula is C14H12Cl. The van der Waals surface area contributed by atoms with E-state index in [4.69, 9.17) is 11.6 Å². The van der Waals surface area contributed by atoms with Gasteiger partial charge in [0, 0.05) is 11.1 Å². The van der Waals surface area contributed by atoms with Crippen molar-refractivity contribution in [2.45, 2.75) is 13.3 Å².